The first-order chi connectivity index (χ1) is 14.2. The van der Waals surface area contributed by atoms with Crippen molar-refractivity contribution in [1.29, 1.82) is 0 Å². The third kappa shape index (κ3) is 4.74. The van der Waals surface area contributed by atoms with Crippen LogP contribution in [-0.4, -0.2) is 84.4 Å². The van der Waals surface area contributed by atoms with Gasteiger partial charge in [0.25, 0.3) is 5.91 Å². The molecule has 0 bridgehead atoms. The molecule has 1 aromatic carbocycles. The molecule has 152 valence electrons. The fourth-order valence-electron chi connectivity index (χ4n) is 3.90. The molecule has 0 unspecified atom stereocenters. The van der Waals surface area contributed by atoms with Gasteiger partial charge in [-0.15, -0.1) is 0 Å². The van der Waals surface area contributed by atoms with Crippen LogP contribution in [0.3, 0.4) is 0 Å². The van der Waals surface area contributed by atoms with Crippen molar-refractivity contribution in [3.63, 3.8) is 0 Å². The molecular weight excluding hydrogens is 366 g/mol. The van der Waals surface area contributed by atoms with Crippen LogP contribution < -0.4 is 4.90 Å². The molecule has 7 heteroatoms. The molecule has 2 saturated heterocycles. The van der Waals surface area contributed by atoms with Crippen molar-refractivity contribution in [3.05, 3.63) is 59.9 Å². The Morgan fingerprint density at radius 3 is 2.24 bits per heavy atom. The first-order valence-electron chi connectivity index (χ1n) is 10.2. The minimum absolute atomic E-state index is 0.00156. The number of aromatic nitrogens is 1. The number of anilines is 1. The summed E-state index contributed by atoms with van der Waals surface area (Å²) in [5.41, 5.74) is 2.80. The quantitative estimate of drug-likeness (QED) is 0.717. The summed E-state index contributed by atoms with van der Waals surface area (Å²) in [6, 6.07) is 14.2. The second kappa shape index (κ2) is 9.05. The summed E-state index contributed by atoms with van der Waals surface area (Å²) in [7, 11) is 0. The van der Waals surface area contributed by atoms with E-state index in [0.29, 0.717) is 5.69 Å². The Bertz CT molecular complexity index is 811. The molecule has 0 N–H and O–H groups in total. The molecule has 0 atom stereocenters. The molecule has 2 aliphatic heterocycles. The molecule has 2 aliphatic rings. The number of benzene rings is 1. The largest absolute Gasteiger partial charge is 0.367 e. The number of rotatable bonds is 5. The van der Waals surface area contributed by atoms with E-state index in [9.17, 15) is 9.59 Å². The highest BCUT2D eigenvalue weighted by Gasteiger charge is 2.23. The molecule has 4 rings (SSSR count). The molecule has 7 nitrogen and oxygen atoms in total. The van der Waals surface area contributed by atoms with E-state index in [2.05, 4.69) is 39.0 Å². The summed E-state index contributed by atoms with van der Waals surface area (Å²) in [5.74, 6) is 0.00156. The van der Waals surface area contributed by atoms with Crippen molar-refractivity contribution in [2.24, 2.45) is 0 Å². The monoisotopic (exact) mass is 393 g/mol. The maximum absolute atomic E-state index is 12.8. The minimum Gasteiger partial charge on any atom is -0.367 e. The number of piperazine rings is 2. The molecule has 0 spiro atoms. The number of hydrogen-bond donors (Lipinski definition) is 0. The lowest BCUT2D eigenvalue weighted by Crippen LogP contribution is -2.48. The van der Waals surface area contributed by atoms with Crippen LogP contribution in [-0.2, 0) is 11.3 Å². The van der Waals surface area contributed by atoms with Gasteiger partial charge in [-0.2, -0.15) is 0 Å². The number of pyridine rings is 1. The van der Waals surface area contributed by atoms with E-state index < -0.39 is 0 Å². The van der Waals surface area contributed by atoms with Crippen molar-refractivity contribution in [1.82, 2.24) is 19.7 Å². The van der Waals surface area contributed by atoms with Gasteiger partial charge < -0.3 is 14.7 Å². The lowest BCUT2D eigenvalue weighted by molar-refractivity contribution is -0.118. The molecular formula is C22H27N5O2. The Balaban J connectivity index is 1.29. The lowest BCUT2D eigenvalue weighted by atomic mass is 10.2. The van der Waals surface area contributed by atoms with Crippen LogP contribution in [0.2, 0.25) is 0 Å². The molecule has 0 radical (unpaired) electrons. The van der Waals surface area contributed by atoms with Gasteiger partial charge in [0, 0.05) is 58.9 Å². The van der Waals surface area contributed by atoms with E-state index in [1.807, 2.05) is 23.1 Å². The predicted molar refractivity (Wildman–Crippen MR) is 112 cm³/mol. The molecule has 0 aliphatic carbocycles. The van der Waals surface area contributed by atoms with Crippen LogP contribution >= 0.6 is 0 Å². The minimum atomic E-state index is 0.00156. The maximum atomic E-state index is 12.8. The zero-order valence-electron chi connectivity index (χ0n) is 16.6. The first kappa shape index (κ1) is 19.4. The number of hydrogen-bond acceptors (Lipinski definition) is 5. The predicted octanol–water partition coefficient (Wildman–Crippen LogP) is 1.32. The smallest absolute Gasteiger partial charge is 0.272 e. The van der Waals surface area contributed by atoms with Crippen LogP contribution in [0.1, 0.15) is 16.1 Å². The van der Waals surface area contributed by atoms with Gasteiger partial charge in [0.05, 0.1) is 11.9 Å². The van der Waals surface area contributed by atoms with Gasteiger partial charge in [0.2, 0.25) is 6.41 Å². The highest BCUT2D eigenvalue weighted by molar-refractivity contribution is 5.92. The standard InChI is InChI=1S/C22H27N5O2/c28-18-25-10-12-26(13-11-25)20-6-7-21(23-16-20)22(29)27-14-8-24(9-15-27)17-19-4-2-1-3-5-19/h1-7,16,18H,8-15,17H2. The van der Waals surface area contributed by atoms with E-state index in [1.54, 1.807) is 11.1 Å². The zero-order chi connectivity index (χ0) is 20.1. The van der Waals surface area contributed by atoms with E-state index in [0.717, 1.165) is 71.0 Å². The van der Waals surface area contributed by atoms with E-state index >= 15 is 0 Å². The first-order valence-corrected chi connectivity index (χ1v) is 10.2. The second-order valence-corrected chi connectivity index (χ2v) is 7.58. The number of nitrogens with zero attached hydrogens (tertiary/aromatic N) is 5. The summed E-state index contributed by atoms with van der Waals surface area (Å²) < 4.78 is 0. The summed E-state index contributed by atoms with van der Waals surface area (Å²) in [5, 5.41) is 0. The Labute approximate surface area is 171 Å². The van der Waals surface area contributed by atoms with E-state index in [-0.39, 0.29) is 5.91 Å². The molecule has 2 fully saturated rings. The topological polar surface area (TPSA) is 60.0 Å². The summed E-state index contributed by atoms with van der Waals surface area (Å²) in [6.45, 7) is 7.14. The van der Waals surface area contributed by atoms with E-state index in [1.165, 1.54) is 5.56 Å². The zero-order valence-corrected chi connectivity index (χ0v) is 16.6. The van der Waals surface area contributed by atoms with Crippen LogP contribution in [0, 0.1) is 0 Å². The third-order valence-corrected chi connectivity index (χ3v) is 5.70. The molecule has 29 heavy (non-hydrogen) atoms. The normalized spacial score (nSPS) is 18.0. The Morgan fingerprint density at radius 1 is 0.897 bits per heavy atom. The van der Waals surface area contributed by atoms with Gasteiger partial charge in [-0.05, 0) is 17.7 Å². The Hall–Kier alpha value is -2.93. The highest BCUT2D eigenvalue weighted by Crippen LogP contribution is 2.17. The van der Waals surface area contributed by atoms with Gasteiger partial charge in [-0.1, -0.05) is 30.3 Å². The Kier molecular flexibility index (Phi) is 6.05. The van der Waals surface area contributed by atoms with Crippen LogP contribution in [0.15, 0.2) is 48.7 Å². The fraction of sp³-hybridized carbons (Fsp3) is 0.409. The molecule has 3 heterocycles. The fourth-order valence-corrected chi connectivity index (χ4v) is 3.90. The maximum Gasteiger partial charge on any atom is 0.272 e. The second-order valence-electron chi connectivity index (χ2n) is 7.58. The third-order valence-electron chi connectivity index (χ3n) is 5.70. The van der Waals surface area contributed by atoms with Crippen LogP contribution in [0.5, 0.6) is 0 Å². The van der Waals surface area contributed by atoms with Crippen molar-refractivity contribution in [3.8, 4) is 0 Å². The Morgan fingerprint density at radius 2 is 1.62 bits per heavy atom. The van der Waals surface area contributed by atoms with Crippen molar-refractivity contribution >= 4 is 18.0 Å². The van der Waals surface area contributed by atoms with Crippen molar-refractivity contribution < 1.29 is 9.59 Å². The van der Waals surface area contributed by atoms with Crippen molar-refractivity contribution in [2.45, 2.75) is 6.54 Å². The van der Waals surface area contributed by atoms with Gasteiger partial charge in [0.15, 0.2) is 0 Å². The average molecular weight is 393 g/mol. The molecule has 1 aromatic heterocycles. The SMILES string of the molecule is O=CN1CCN(c2ccc(C(=O)N3CCN(Cc4ccccc4)CC3)nc2)CC1. The average Bonchev–Trinajstić information content (AvgIpc) is 2.80. The van der Waals surface area contributed by atoms with Gasteiger partial charge in [-0.3, -0.25) is 14.5 Å². The lowest BCUT2D eigenvalue weighted by Gasteiger charge is -2.35. The van der Waals surface area contributed by atoms with Crippen LogP contribution in [0.25, 0.3) is 0 Å². The highest BCUT2D eigenvalue weighted by atomic mass is 16.2. The summed E-state index contributed by atoms with van der Waals surface area (Å²) in [6.07, 6.45) is 2.67. The van der Waals surface area contributed by atoms with Gasteiger partial charge in [-0.25, -0.2) is 4.98 Å². The summed E-state index contributed by atoms with van der Waals surface area (Å²) >= 11 is 0. The number of carbonyl (C=O) groups is 2. The summed E-state index contributed by atoms with van der Waals surface area (Å²) in [4.78, 5) is 36.3. The van der Waals surface area contributed by atoms with Gasteiger partial charge >= 0.3 is 0 Å². The molecule has 2 amide bonds. The van der Waals surface area contributed by atoms with E-state index in [4.69, 9.17) is 0 Å². The number of carbonyl (C=O) groups excluding carboxylic acids is 2. The van der Waals surface area contributed by atoms with Crippen LogP contribution in [0.4, 0.5) is 5.69 Å². The number of amides is 2. The van der Waals surface area contributed by atoms with Gasteiger partial charge in [0.1, 0.15) is 5.69 Å². The molecule has 0 saturated carbocycles. The van der Waals surface area contributed by atoms with Crippen molar-refractivity contribution in [2.75, 3.05) is 57.3 Å². The molecule has 2 aromatic rings.